The first-order chi connectivity index (χ1) is 4.30. The molecule has 0 atom stereocenters. The van der Waals surface area contributed by atoms with Gasteiger partial charge in [0.25, 0.3) is 0 Å². The molecular weight excluding hydrogens is 147 g/mol. The van der Waals surface area contributed by atoms with Gasteiger partial charge in [0.05, 0.1) is 0 Å². The van der Waals surface area contributed by atoms with Gasteiger partial charge in [0.1, 0.15) is 0 Å². The average molecular weight is 154 g/mol. The fourth-order valence-corrected chi connectivity index (χ4v) is 0.969. The Morgan fingerprint density at radius 2 is 1.56 bits per heavy atom. The molecule has 0 N–H and O–H groups in total. The maximum atomic E-state index is 4.15. The quantitative estimate of drug-likeness (QED) is 0.441. The molecule has 0 aromatic heterocycles. The molecule has 0 bridgehead atoms. The van der Waals surface area contributed by atoms with Crippen molar-refractivity contribution in [1.29, 1.82) is 0 Å². The smallest absolute Gasteiger partial charge is 0.208 e. The van der Waals surface area contributed by atoms with E-state index < -0.39 is 0 Å². The lowest BCUT2D eigenvalue weighted by Crippen LogP contribution is -2.16. The third-order valence-corrected chi connectivity index (χ3v) is 1.69. The molecule has 9 heavy (non-hydrogen) atoms. The van der Waals surface area contributed by atoms with Gasteiger partial charge in [-0.1, -0.05) is 35.8 Å². The minimum Gasteiger partial charge on any atom is -0.208 e. The van der Waals surface area contributed by atoms with Crippen molar-refractivity contribution in [2.24, 2.45) is 0 Å². The van der Waals surface area contributed by atoms with Gasteiger partial charge in [-0.15, -0.1) is 0 Å². The molecule has 0 saturated heterocycles. The summed E-state index contributed by atoms with van der Waals surface area (Å²) in [5.41, 5.74) is 1.14. The Morgan fingerprint density at radius 1 is 1.00 bits per heavy atom. The minimum absolute atomic E-state index is 0.0474. The topological polar surface area (TPSA) is 0 Å². The lowest BCUT2D eigenvalue weighted by Gasteiger charge is -1.96. The van der Waals surface area contributed by atoms with Crippen molar-refractivity contribution in [3.8, 4) is 0 Å². The van der Waals surface area contributed by atoms with E-state index in [1.807, 2.05) is 30.3 Å². The van der Waals surface area contributed by atoms with Crippen LogP contribution in [0.4, 0.5) is 0 Å². The van der Waals surface area contributed by atoms with Crippen molar-refractivity contribution < 1.29 is 0 Å². The van der Waals surface area contributed by atoms with Gasteiger partial charge in [-0.05, 0) is 0 Å². The van der Waals surface area contributed by atoms with Crippen LogP contribution >= 0.6 is 25.0 Å². The molecule has 1 aromatic carbocycles. The molecule has 0 radical (unpaired) electrons. The average Bonchev–Trinajstić information content (AvgIpc) is 1.90. The molecule has 0 aliphatic carbocycles. The lowest BCUT2D eigenvalue weighted by molar-refractivity contribution is 1.77. The first-order valence-electron chi connectivity index (χ1n) is 2.72. The number of rotatable bonds is 1. The first-order valence-corrected chi connectivity index (χ1v) is 3.75. The van der Waals surface area contributed by atoms with Crippen LogP contribution in [0.3, 0.4) is 0 Å². The summed E-state index contributed by atoms with van der Waals surface area (Å²) in [5.74, 6) is 0. The molecule has 0 unspecified atom stereocenters. The van der Waals surface area contributed by atoms with Gasteiger partial charge in [-0.2, -0.15) is 0 Å². The number of hydrogen-bond acceptors (Lipinski definition) is 2. The largest absolute Gasteiger partial charge is 0.301 e. The van der Waals surface area contributed by atoms with E-state index in [1.54, 1.807) is 0 Å². The molecule has 0 aliphatic rings. The summed E-state index contributed by atoms with van der Waals surface area (Å²) in [5, 5.41) is 0.0474. The van der Waals surface area contributed by atoms with Crippen LogP contribution < -0.4 is 5.46 Å². The first kappa shape index (κ1) is 7.10. The highest BCUT2D eigenvalue weighted by Crippen LogP contribution is 1.94. The molecule has 0 spiro atoms. The Balaban J connectivity index is 2.85. The minimum atomic E-state index is 0.0474. The van der Waals surface area contributed by atoms with Gasteiger partial charge in [-0.25, -0.2) is 25.0 Å². The third-order valence-electron chi connectivity index (χ3n) is 1.10. The zero-order valence-electron chi connectivity index (χ0n) is 4.86. The molecule has 0 heterocycles. The Labute approximate surface area is 66.4 Å². The van der Waals surface area contributed by atoms with E-state index in [0.29, 0.717) is 0 Å². The standard InChI is InChI=1S/C6H7BS2/c8-7(9)6-4-2-1-3-5-6/h1-5,8-9H. The molecule has 1 aromatic rings. The highest BCUT2D eigenvalue weighted by Gasteiger charge is 2.01. The summed E-state index contributed by atoms with van der Waals surface area (Å²) in [4.78, 5) is 0. The van der Waals surface area contributed by atoms with E-state index in [4.69, 9.17) is 0 Å². The molecule has 46 valence electrons. The molecule has 0 aliphatic heterocycles. The maximum Gasteiger partial charge on any atom is 0.301 e. The van der Waals surface area contributed by atoms with Crippen LogP contribution in [0.25, 0.3) is 0 Å². The molecule has 0 nitrogen and oxygen atoms in total. The summed E-state index contributed by atoms with van der Waals surface area (Å²) in [6.45, 7) is 0. The Morgan fingerprint density at radius 3 is 1.89 bits per heavy atom. The monoisotopic (exact) mass is 154 g/mol. The second-order valence-electron chi connectivity index (χ2n) is 1.78. The van der Waals surface area contributed by atoms with Crippen molar-refractivity contribution in [2.45, 2.75) is 0 Å². The van der Waals surface area contributed by atoms with Gasteiger partial charge >= 0.3 is 5.27 Å². The van der Waals surface area contributed by atoms with Gasteiger partial charge < -0.3 is 0 Å². The predicted molar refractivity (Wildman–Crippen MR) is 49.8 cm³/mol. The van der Waals surface area contributed by atoms with Gasteiger partial charge in [0.15, 0.2) is 0 Å². The van der Waals surface area contributed by atoms with Crippen LogP contribution in [0.1, 0.15) is 0 Å². The maximum absolute atomic E-state index is 4.15. The summed E-state index contributed by atoms with van der Waals surface area (Å²) in [6.07, 6.45) is 0. The second kappa shape index (κ2) is 3.23. The van der Waals surface area contributed by atoms with E-state index in [2.05, 4.69) is 25.0 Å². The molecule has 0 fully saturated rings. The number of thiol groups is 2. The third kappa shape index (κ3) is 1.99. The van der Waals surface area contributed by atoms with E-state index >= 15 is 0 Å². The molecule has 0 saturated carbocycles. The Bertz CT molecular complexity index is 174. The zero-order chi connectivity index (χ0) is 6.69. The fraction of sp³-hybridized carbons (Fsp3) is 0. The second-order valence-corrected chi connectivity index (χ2v) is 3.22. The van der Waals surface area contributed by atoms with E-state index in [1.165, 1.54) is 0 Å². The van der Waals surface area contributed by atoms with Crippen molar-refractivity contribution in [3.63, 3.8) is 0 Å². The normalized spacial score (nSPS) is 9.11. The molecule has 0 amide bonds. The van der Waals surface area contributed by atoms with Crippen molar-refractivity contribution in [2.75, 3.05) is 0 Å². The summed E-state index contributed by atoms with van der Waals surface area (Å²) < 4.78 is 0. The van der Waals surface area contributed by atoms with Crippen LogP contribution in [0, 0.1) is 0 Å². The zero-order valence-corrected chi connectivity index (χ0v) is 6.65. The summed E-state index contributed by atoms with van der Waals surface area (Å²) >= 11 is 8.30. The van der Waals surface area contributed by atoms with Crippen LogP contribution in [0.5, 0.6) is 0 Å². The van der Waals surface area contributed by atoms with Crippen LogP contribution in [-0.4, -0.2) is 5.27 Å². The van der Waals surface area contributed by atoms with Gasteiger partial charge in [-0.3, -0.25) is 0 Å². The highest BCUT2D eigenvalue weighted by atomic mass is 32.2. The predicted octanol–water partition coefficient (Wildman–Crippen LogP) is 1.24. The van der Waals surface area contributed by atoms with Gasteiger partial charge in [0.2, 0.25) is 0 Å². The molecule has 3 heteroatoms. The van der Waals surface area contributed by atoms with Crippen LogP contribution in [0.2, 0.25) is 0 Å². The summed E-state index contributed by atoms with van der Waals surface area (Å²) in [6, 6.07) is 9.95. The van der Waals surface area contributed by atoms with Crippen molar-refractivity contribution in [3.05, 3.63) is 30.3 Å². The van der Waals surface area contributed by atoms with E-state index in [0.717, 1.165) is 5.46 Å². The highest BCUT2D eigenvalue weighted by molar-refractivity contribution is 8.42. The van der Waals surface area contributed by atoms with Crippen LogP contribution in [-0.2, 0) is 0 Å². The number of benzene rings is 1. The fourth-order valence-electron chi connectivity index (χ4n) is 0.625. The Kier molecular flexibility index (Phi) is 2.55. The lowest BCUT2D eigenvalue weighted by atomic mass is 9.93. The molecule has 1 rings (SSSR count). The van der Waals surface area contributed by atoms with Crippen molar-refractivity contribution in [1.82, 2.24) is 0 Å². The molecular formula is C6H7BS2. The number of hydrogen-bond donors (Lipinski definition) is 2. The van der Waals surface area contributed by atoms with E-state index in [-0.39, 0.29) is 5.27 Å². The van der Waals surface area contributed by atoms with E-state index in [9.17, 15) is 0 Å². The van der Waals surface area contributed by atoms with Crippen molar-refractivity contribution >= 4 is 35.7 Å². The SMILES string of the molecule is SB(S)c1ccccc1. The van der Waals surface area contributed by atoms with Crippen LogP contribution in [0.15, 0.2) is 30.3 Å². The van der Waals surface area contributed by atoms with Gasteiger partial charge in [0, 0.05) is 0 Å². The summed E-state index contributed by atoms with van der Waals surface area (Å²) in [7, 11) is 0. The Hall–Kier alpha value is -0.0151.